The van der Waals surface area contributed by atoms with E-state index in [1.54, 1.807) is 6.07 Å². The lowest BCUT2D eigenvalue weighted by atomic mass is 9.99. The Balaban J connectivity index is 1.44. The normalized spacial score (nSPS) is 20.3. The first-order valence-corrected chi connectivity index (χ1v) is 8.54. The lowest BCUT2D eigenvalue weighted by molar-refractivity contribution is -0.145. The van der Waals surface area contributed by atoms with Gasteiger partial charge in [-0.25, -0.2) is 9.37 Å². The number of fused-ring (bicyclic) bond motifs is 1. The minimum Gasteiger partial charge on any atom is -0.365 e. The number of anilines is 1. The van der Waals surface area contributed by atoms with Crippen LogP contribution in [0, 0.1) is 5.82 Å². The summed E-state index contributed by atoms with van der Waals surface area (Å²) in [5.74, 6) is 0.324. The molecule has 1 aromatic heterocycles. The van der Waals surface area contributed by atoms with Crippen LogP contribution in [-0.2, 0) is 22.5 Å². The zero-order valence-electron chi connectivity index (χ0n) is 13.9. The average molecular weight is 341 g/mol. The second-order valence-corrected chi connectivity index (χ2v) is 6.42. The summed E-state index contributed by atoms with van der Waals surface area (Å²) in [5, 5.41) is 0. The van der Waals surface area contributed by atoms with Gasteiger partial charge in [-0.2, -0.15) is 0 Å². The van der Waals surface area contributed by atoms with Gasteiger partial charge in [-0.05, 0) is 29.7 Å². The largest absolute Gasteiger partial charge is 0.365 e. The number of rotatable bonds is 2. The number of carbonyl (C=O) groups is 1. The summed E-state index contributed by atoms with van der Waals surface area (Å²) in [6.45, 7) is 2.88. The number of ether oxygens (including phenoxy) is 1. The minimum absolute atomic E-state index is 0.0151. The minimum atomic E-state index is -0.508. The predicted molar refractivity (Wildman–Crippen MR) is 91.7 cm³/mol. The van der Waals surface area contributed by atoms with Gasteiger partial charge in [-0.1, -0.05) is 24.3 Å². The van der Waals surface area contributed by atoms with Crippen molar-refractivity contribution in [3.63, 3.8) is 0 Å². The van der Waals surface area contributed by atoms with Gasteiger partial charge in [0.1, 0.15) is 11.6 Å². The lowest BCUT2D eigenvalue weighted by Gasteiger charge is -2.37. The highest BCUT2D eigenvalue weighted by Gasteiger charge is 2.32. The van der Waals surface area contributed by atoms with E-state index in [1.807, 2.05) is 21.9 Å². The van der Waals surface area contributed by atoms with Crippen LogP contribution in [0.5, 0.6) is 0 Å². The topological polar surface area (TPSA) is 45.7 Å². The number of benzene rings is 1. The van der Waals surface area contributed by atoms with Crippen LogP contribution in [0.1, 0.15) is 11.1 Å². The molecule has 2 aromatic rings. The van der Waals surface area contributed by atoms with Crippen molar-refractivity contribution in [2.24, 2.45) is 0 Å². The van der Waals surface area contributed by atoms with Crippen LogP contribution < -0.4 is 4.90 Å². The number of aromatic nitrogens is 1. The molecule has 5 nitrogen and oxygen atoms in total. The molecule has 1 saturated heterocycles. The number of morpholine rings is 1. The Bertz CT molecular complexity index is 766. The van der Waals surface area contributed by atoms with E-state index in [1.165, 1.54) is 23.4 Å². The van der Waals surface area contributed by atoms with E-state index in [4.69, 9.17) is 4.74 Å². The molecule has 1 unspecified atom stereocenters. The Hall–Kier alpha value is -2.47. The van der Waals surface area contributed by atoms with Crippen molar-refractivity contribution in [3.05, 3.63) is 59.5 Å². The number of nitrogens with zero attached hydrogens (tertiary/aromatic N) is 3. The SMILES string of the molecule is O=C(C1CN(c2ccc(F)cn2)CCO1)N1CCc2ccccc2C1. The van der Waals surface area contributed by atoms with Gasteiger partial charge in [0, 0.05) is 19.6 Å². The smallest absolute Gasteiger partial charge is 0.253 e. The van der Waals surface area contributed by atoms with Crippen LogP contribution in [0.25, 0.3) is 0 Å². The highest BCUT2D eigenvalue weighted by Crippen LogP contribution is 2.21. The summed E-state index contributed by atoms with van der Waals surface area (Å²) in [6.07, 6.45) is 1.56. The first kappa shape index (κ1) is 16.0. The van der Waals surface area contributed by atoms with E-state index in [0.717, 1.165) is 6.42 Å². The molecule has 4 rings (SSSR count). The molecule has 1 aromatic carbocycles. The molecule has 0 radical (unpaired) electrons. The van der Waals surface area contributed by atoms with Crippen molar-refractivity contribution in [3.8, 4) is 0 Å². The number of halogens is 1. The number of hydrogen-bond acceptors (Lipinski definition) is 4. The van der Waals surface area contributed by atoms with Gasteiger partial charge >= 0.3 is 0 Å². The predicted octanol–water partition coefficient (Wildman–Crippen LogP) is 2.01. The summed E-state index contributed by atoms with van der Waals surface area (Å²) in [5.41, 5.74) is 2.52. The number of amides is 1. The Morgan fingerprint density at radius 2 is 2.00 bits per heavy atom. The number of carbonyl (C=O) groups excluding carboxylic acids is 1. The van der Waals surface area contributed by atoms with Gasteiger partial charge in [0.15, 0.2) is 6.10 Å². The molecule has 6 heteroatoms. The van der Waals surface area contributed by atoms with Crippen molar-refractivity contribution in [1.82, 2.24) is 9.88 Å². The van der Waals surface area contributed by atoms with Crippen molar-refractivity contribution >= 4 is 11.7 Å². The van der Waals surface area contributed by atoms with E-state index in [-0.39, 0.29) is 11.7 Å². The van der Waals surface area contributed by atoms with Crippen LogP contribution in [-0.4, -0.2) is 48.1 Å². The fourth-order valence-electron chi connectivity index (χ4n) is 3.45. The molecule has 0 spiro atoms. The summed E-state index contributed by atoms with van der Waals surface area (Å²) in [4.78, 5) is 20.8. The van der Waals surface area contributed by atoms with E-state index in [2.05, 4.69) is 17.1 Å². The second-order valence-electron chi connectivity index (χ2n) is 6.42. The molecule has 2 aliphatic heterocycles. The maximum Gasteiger partial charge on any atom is 0.253 e. The average Bonchev–Trinajstić information content (AvgIpc) is 2.68. The Kier molecular flexibility index (Phi) is 4.36. The third-order valence-electron chi connectivity index (χ3n) is 4.82. The first-order valence-electron chi connectivity index (χ1n) is 8.54. The van der Waals surface area contributed by atoms with Gasteiger partial charge < -0.3 is 14.5 Å². The van der Waals surface area contributed by atoms with Crippen molar-refractivity contribution in [1.29, 1.82) is 0 Å². The lowest BCUT2D eigenvalue weighted by Crippen LogP contribution is -2.52. The van der Waals surface area contributed by atoms with Crippen LogP contribution in [0.15, 0.2) is 42.6 Å². The van der Waals surface area contributed by atoms with Gasteiger partial charge in [0.05, 0.1) is 19.3 Å². The van der Waals surface area contributed by atoms with E-state index in [0.29, 0.717) is 38.6 Å². The summed E-state index contributed by atoms with van der Waals surface area (Å²) in [6, 6.07) is 11.3. The second kappa shape index (κ2) is 6.80. The third kappa shape index (κ3) is 3.35. The molecule has 0 bridgehead atoms. The van der Waals surface area contributed by atoms with Crippen molar-refractivity contribution in [2.45, 2.75) is 19.1 Å². The molecule has 1 fully saturated rings. The monoisotopic (exact) mass is 341 g/mol. The van der Waals surface area contributed by atoms with E-state index in [9.17, 15) is 9.18 Å². The molecular formula is C19H20FN3O2. The van der Waals surface area contributed by atoms with Gasteiger partial charge in [-0.15, -0.1) is 0 Å². The molecule has 1 amide bonds. The zero-order chi connectivity index (χ0) is 17.2. The molecule has 0 aliphatic carbocycles. The summed E-state index contributed by atoms with van der Waals surface area (Å²) < 4.78 is 18.8. The molecule has 0 N–H and O–H groups in total. The molecule has 2 aliphatic rings. The zero-order valence-corrected chi connectivity index (χ0v) is 13.9. The number of hydrogen-bond donors (Lipinski definition) is 0. The van der Waals surface area contributed by atoms with Crippen LogP contribution in [0.2, 0.25) is 0 Å². The molecule has 3 heterocycles. The van der Waals surface area contributed by atoms with Crippen LogP contribution in [0.3, 0.4) is 0 Å². The maximum absolute atomic E-state index is 13.1. The van der Waals surface area contributed by atoms with Crippen molar-refractivity contribution < 1.29 is 13.9 Å². The third-order valence-corrected chi connectivity index (χ3v) is 4.82. The molecule has 1 atom stereocenters. The van der Waals surface area contributed by atoms with Gasteiger partial charge in [0.25, 0.3) is 5.91 Å². The molecule has 0 saturated carbocycles. The van der Waals surface area contributed by atoms with E-state index >= 15 is 0 Å². The van der Waals surface area contributed by atoms with E-state index < -0.39 is 6.10 Å². The Morgan fingerprint density at radius 3 is 2.80 bits per heavy atom. The maximum atomic E-state index is 13.1. The fraction of sp³-hybridized carbons (Fsp3) is 0.368. The van der Waals surface area contributed by atoms with Gasteiger partial charge in [-0.3, -0.25) is 4.79 Å². The fourth-order valence-corrected chi connectivity index (χ4v) is 3.45. The highest BCUT2D eigenvalue weighted by atomic mass is 19.1. The quantitative estimate of drug-likeness (QED) is 0.838. The number of pyridine rings is 1. The molecule has 25 heavy (non-hydrogen) atoms. The van der Waals surface area contributed by atoms with Gasteiger partial charge in [0.2, 0.25) is 0 Å². The summed E-state index contributed by atoms with van der Waals surface area (Å²) in [7, 11) is 0. The van der Waals surface area contributed by atoms with Crippen LogP contribution in [0.4, 0.5) is 10.2 Å². The van der Waals surface area contributed by atoms with Crippen LogP contribution >= 0.6 is 0 Å². The Labute approximate surface area is 146 Å². The summed E-state index contributed by atoms with van der Waals surface area (Å²) >= 11 is 0. The standard InChI is InChI=1S/C19H20FN3O2/c20-16-5-6-18(21-11-16)22-9-10-25-17(13-22)19(24)23-8-7-14-3-1-2-4-15(14)12-23/h1-6,11,17H,7-10,12-13H2. The Morgan fingerprint density at radius 1 is 1.16 bits per heavy atom. The first-order chi connectivity index (χ1) is 12.2. The molecule has 130 valence electrons. The van der Waals surface area contributed by atoms with Crippen molar-refractivity contribution in [2.75, 3.05) is 31.1 Å². The molecular weight excluding hydrogens is 321 g/mol. The highest BCUT2D eigenvalue weighted by molar-refractivity contribution is 5.82.